The Morgan fingerprint density at radius 3 is 1.21 bits per heavy atom. The third-order valence-electron chi connectivity index (χ3n) is 6.04. The molecular formula is C30H21N3. The van der Waals surface area contributed by atoms with E-state index >= 15 is 0 Å². The van der Waals surface area contributed by atoms with E-state index in [2.05, 4.69) is 125 Å². The number of hydrogen-bond acceptors (Lipinski definition) is 2. The Bertz CT molecular complexity index is 1400. The summed E-state index contributed by atoms with van der Waals surface area (Å²) in [5, 5.41) is 12.1. The second-order valence-corrected chi connectivity index (χ2v) is 8.00. The highest BCUT2D eigenvalue weighted by atomic mass is 15.3. The van der Waals surface area contributed by atoms with Crippen molar-refractivity contribution in [2.24, 2.45) is 0 Å². The van der Waals surface area contributed by atoms with Crippen LogP contribution in [-0.4, -0.2) is 15.4 Å². The Labute approximate surface area is 192 Å². The maximum absolute atomic E-state index is 4.60. The first kappa shape index (κ1) is 19.2. The molecule has 0 spiro atoms. The van der Waals surface area contributed by atoms with Gasteiger partial charge in [-0.15, -0.1) is 5.10 Å². The predicted octanol–water partition coefficient (Wildman–Crippen LogP) is 7.63. The second kappa shape index (κ2) is 8.21. The van der Waals surface area contributed by atoms with E-state index in [1.165, 1.54) is 5.56 Å². The summed E-state index contributed by atoms with van der Waals surface area (Å²) in [7, 11) is 0. The first-order chi connectivity index (χ1) is 16.4. The van der Waals surface area contributed by atoms with E-state index in [4.69, 9.17) is 0 Å². The monoisotopic (exact) mass is 423 g/mol. The molecule has 156 valence electrons. The molecule has 5 aromatic carbocycles. The number of nitrogens with zero attached hydrogens (tertiary/aromatic N) is 2. The van der Waals surface area contributed by atoms with Gasteiger partial charge in [0.05, 0.1) is 5.52 Å². The molecule has 0 atom stereocenters. The minimum atomic E-state index is 0.874. The number of fused-ring (bicyclic) bond motifs is 1. The molecule has 6 aromatic rings. The van der Waals surface area contributed by atoms with Crippen LogP contribution in [0.1, 0.15) is 0 Å². The van der Waals surface area contributed by atoms with E-state index in [0.29, 0.717) is 0 Å². The quantitative estimate of drug-likeness (QED) is 0.317. The van der Waals surface area contributed by atoms with Crippen LogP contribution in [0.5, 0.6) is 0 Å². The highest BCUT2D eigenvalue weighted by Gasteiger charge is 2.25. The van der Waals surface area contributed by atoms with Crippen LogP contribution in [0.3, 0.4) is 0 Å². The molecule has 0 saturated heterocycles. The SMILES string of the molecule is c1ccc(-c2c(-c3ccccc3)c(-c3ccccc3)c3[nH]nnc3c2-c2ccccc2)cc1. The lowest BCUT2D eigenvalue weighted by atomic mass is 9.81. The standard InChI is InChI=1S/C30H21N3/c1-5-13-21(14-6-1)25-26(22-15-7-2-8-16-22)28(24-19-11-4-12-20-24)30-29(31-33-32-30)27(25)23-17-9-3-10-18-23/h1-20H,(H,31,32,33). The smallest absolute Gasteiger partial charge is 0.122 e. The minimum Gasteiger partial charge on any atom is -0.257 e. The van der Waals surface area contributed by atoms with Gasteiger partial charge in [-0.05, 0) is 22.3 Å². The molecule has 0 aliphatic carbocycles. The van der Waals surface area contributed by atoms with Crippen LogP contribution in [-0.2, 0) is 0 Å². The van der Waals surface area contributed by atoms with Crippen LogP contribution in [0.25, 0.3) is 55.5 Å². The third-order valence-corrected chi connectivity index (χ3v) is 6.04. The van der Waals surface area contributed by atoms with Crippen molar-refractivity contribution in [1.82, 2.24) is 15.4 Å². The summed E-state index contributed by atoms with van der Waals surface area (Å²) in [4.78, 5) is 0. The van der Waals surface area contributed by atoms with E-state index in [0.717, 1.165) is 50.0 Å². The molecule has 0 bridgehead atoms. The third kappa shape index (κ3) is 3.31. The number of aromatic nitrogens is 3. The second-order valence-electron chi connectivity index (χ2n) is 8.00. The molecule has 0 aliphatic heterocycles. The average Bonchev–Trinajstić information content (AvgIpc) is 3.39. The zero-order chi connectivity index (χ0) is 22.0. The Kier molecular flexibility index (Phi) is 4.78. The lowest BCUT2D eigenvalue weighted by molar-refractivity contribution is 0.960. The normalized spacial score (nSPS) is 11.0. The van der Waals surface area contributed by atoms with Gasteiger partial charge < -0.3 is 0 Å². The Morgan fingerprint density at radius 2 is 0.758 bits per heavy atom. The summed E-state index contributed by atoms with van der Waals surface area (Å²) in [6.07, 6.45) is 0. The van der Waals surface area contributed by atoms with Crippen LogP contribution in [0.2, 0.25) is 0 Å². The van der Waals surface area contributed by atoms with Crippen LogP contribution in [0.4, 0.5) is 0 Å². The summed E-state index contributed by atoms with van der Waals surface area (Å²) in [5.74, 6) is 0. The van der Waals surface area contributed by atoms with Crippen LogP contribution >= 0.6 is 0 Å². The van der Waals surface area contributed by atoms with Gasteiger partial charge in [0.25, 0.3) is 0 Å². The Balaban J connectivity index is 1.87. The first-order valence-corrected chi connectivity index (χ1v) is 11.0. The first-order valence-electron chi connectivity index (χ1n) is 11.0. The molecule has 0 aliphatic rings. The number of rotatable bonds is 4. The predicted molar refractivity (Wildman–Crippen MR) is 136 cm³/mol. The summed E-state index contributed by atoms with van der Waals surface area (Å²) in [5.41, 5.74) is 10.9. The number of hydrogen-bond donors (Lipinski definition) is 1. The number of aromatic amines is 1. The molecule has 0 unspecified atom stereocenters. The van der Waals surface area contributed by atoms with Crippen molar-refractivity contribution in [3.63, 3.8) is 0 Å². The molecular weight excluding hydrogens is 402 g/mol. The van der Waals surface area contributed by atoms with E-state index in [-0.39, 0.29) is 0 Å². The summed E-state index contributed by atoms with van der Waals surface area (Å²) in [6, 6.07) is 42.2. The molecule has 0 radical (unpaired) electrons. The maximum Gasteiger partial charge on any atom is 0.122 e. The lowest BCUT2D eigenvalue weighted by Crippen LogP contribution is -1.97. The van der Waals surface area contributed by atoms with Gasteiger partial charge in [0.15, 0.2) is 0 Å². The highest BCUT2D eigenvalue weighted by Crippen LogP contribution is 2.49. The Hall–Kier alpha value is -4.50. The van der Waals surface area contributed by atoms with E-state index in [9.17, 15) is 0 Å². The van der Waals surface area contributed by atoms with E-state index < -0.39 is 0 Å². The molecule has 1 aromatic heterocycles. The van der Waals surface area contributed by atoms with Crippen molar-refractivity contribution in [1.29, 1.82) is 0 Å². The van der Waals surface area contributed by atoms with Crippen LogP contribution in [0.15, 0.2) is 121 Å². The van der Waals surface area contributed by atoms with E-state index in [1.807, 2.05) is 12.1 Å². The molecule has 3 heteroatoms. The highest BCUT2D eigenvalue weighted by molar-refractivity contribution is 6.15. The zero-order valence-corrected chi connectivity index (χ0v) is 17.9. The fourth-order valence-corrected chi connectivity index (χ4v) is 4.64. The molecule has 1 heterocycles. The van der Waals surface area contributed by atoms with Crippen molar-refractivity contribution in [3.05, 3.63) is 121 Å². The number of H-pyrrole nitrogens is 1. The summed E-state index contributed by atoms with van der Waals surface area (Å²) < 4.78 is 0. The van der Waals surface area contributed by atoms with Gasteiger partial charge in [0.2, 0.25) is 0 Å². The molecule has 3 nitrogen and oxygen atoms in total. The van der Waals surface area contributed by atoms with Crippen molar-refractivity contribution in [3.8, 4) is 44.5 Å². The topological polar surface area (TPSA) is 41.6 Å². The molecule has 1 N–H and O–H groups in total. The number of benzene rings is 5. The molecule has 33 heavy (non-hydrogen) atoms. The Morgan fingerprint density at radius 1 is 0.394 bits per heavy atom. The van der Waals surface area contributed by atoms with Crippen molar-refractivity contribution in [2.45, 2.75) is 0 Å². The van der Waals surface area contributed by atoms with Crippen molar-refractivity contribution >= 4 is 11.0 Å². The van der Waals surface area contributed by atoms with Gasteiger partial charge >= 0.3 is 0 Å². The average molecular weight is 424 g/mol. The lowest BCUT2D eigenvalue weighted by Gasteiger charge is -2.21. The summed E-state index contributed by atoms with van der Waals surface area (Å²) in [6.45, 7) is 0. The van der Waals surface area contributed by atoms with Gasteiger partial charge in [-0.1, -0.05) is 127 Å². The fourth-order valence-electron chi connectivity index (χ4n) is 4.64. The molecule has 0 saturated carbocycles. The van der Waals surface area contributed by atoms with Gasteiger partial charge in [-0.2, -0.15) is 0 Å². The van der Waals surface area contributed by atoms with Gasteiger partial charge in [-0.25, -0.2) is 0 Å². The van der Waals surface area contributed by atoms with Gasteiger partial charge in [0, 0.05) is 22.3 Å². The zero-order valence-electron chi connectivity index (χ0n) is 17.9. The number of nitrogens with one attached hydrogen (secondary N) is 1. The van der Waals surface area contributed by atoms with Crippen LogP contribution < -0.4 is 0 Å². The minimum absolute atomic E-state index is 0.874. The molecule has 0 amide bonds. The van der Waals surface area contributed by atoms with Gasteiger partial charge in [0.1, 0.15) is 5.52 Å². The van der Waals surface area contributed by atoms with E-state index in [1.54, 1.807) is 0 Å². The van der Waals surface area contributed by atoms with Crippen molar-refractivity contribution in [2.75, 3.05) is 0 Å². The van der Waals surface area contributed by atoms with Crippen molar-refractivity contribution < 1.29 is 0 Å². The molecule has 6 rings (SSSR count). The summed E-state index contributed by atoms with van der Waals surface area (Å²) >= 11 is 0. The largest absolute Gasteiger partial charge is 0.257 e. The van der Waals surface area contributed by atoms with Gasteiger partial charge in [-0.3, -0.25) is 5.10 Å². The fraction of sp³-hybridized carbons (Fsp3) is 0. The maximum atomic E-state index is 4.60. The van der Waals surface area contributed by atoms with Crippen LogP contribution in [0, 0.1) is 0 Å². The molecule has 0 fully saturated rings.